The summed E-state index contributed by atoms with van der Waals surface area (Å²) < 4.78 is 97.8. The largest absolute Gasteiger partial charge is 0.493 e. The Bertz CT molecular complexity index is 1490. The molecule has 3 aromatic carbocycles. The molecule has 12 heteroatoms. The van der Waals surface area contributed by atoms with Crippen LogP contribution in [0, 0.1) is 11.6 Å². The smallest absolute Gasteiger partial charge is 0.417 e. The van der Waals surface area contributed by atoms with Crippen molar-refractivity contribution >= 4 is 27.7 Å². The van der Waals surface area contributed by atoms with E-state index in [-0.39, 0.29) is 30.8 Å². The standard InChI is InChI=1S/C29H29ClF5NO4S/c1-28(2,20-8-10-21(31)11-9-20)18-36(16-19-6-4-7-24(27(19)30)29(33,34)35)12-5-13-40-22-14-25(32)23(17-37)26(15-22)41(3,38)39/h4,6-11,14-15,17H,5,12-13,16,18H2,1-3H3. The zero-order chi connectivity index (χ0) is 30.6. The quantitative estimate of drug-likeness (QED) is 0.123. The molecule has 0 aliphatic heterocycles. The number of ether oxygens (including phenoxy) is 1. The molecule has 3 aromatic rings. The molecule has 222 valence electrons. The van der Waals surface area contributed by atoms with Gasteiger partial charge in [-0.05, 0) is 41.8 Å². The minimum Gasteiger partial charge on any atom is -0.493 e. The summed E-state index contributed by atoms with van der Waals surface area (Å²) in [5.41, 5.74) is -0.996. The van der Waals surface area contributed by atoms with Gasteiger partial charge in [-0.2, -0.15) is 13.2 Å². The van der Waals surface area contributed by atoms with Crippen LogP contribution in [0.3, 0.4) is 0 Å². The van der Waals surface area contributed by atoms with Gasteiger partial charge in [-0.15, -0.1) is 0 Å². The summed E-state index contributed by atoms with van der Waals surface area (Å²) >= 11 is 6.15. The normalized spacial score (nSPS) is 12.5. The predicted octanol–water partition coefficient (Wildman–Crippen LogP) is 7.10. The van der Waals surface area contributed by atoms with Gasteiger partial charge in [0.2, 0.25) is 0 Å². The first-order valence-electron chi connectivity index (χ1n) is 12.5. The van der Waals surface area contributed by atoms with Crippen LogP contribution in [-0.2, 0) is 28.0 Å². The summed E-state index contributed by atoms with van der Waals surface area (Å²) in [6, 6.07) is 11.6. The number of aldehydes is 1. The molecule has 0 amide bonds. The van der Waals surface area contributed by atoms with E-state index < -0.39 is 54.1 Å². The van der Waals surface area contributed by atoms with E-state index >= 15 is 0 Å². The maximum Gasteiger partial charge on any atom is 0.417 e. The first kappa shape index (κ1) is 32.5. The second kappa shape index (κ2) is 12.9. The molecule has 5 nitrogen and oxygen atoms in total. The van der Waals surface area contributed by atoms with E-state index in [0.717, 1.165) is 30.0 Å². The van der Waals surface area contributed by atoms with E-state index in [1.165, 1.54) is 24.3 Å². The Labute approximate surface area is 240 Å². The van der Waals surface area contributed by atoms with E-state index in [0.29, 0.717) is 19.5 Å². The van der Waals surface area contributed by atoms with Crippen molar-refractivity contribution < 1.29 is 39.9 Å². The van der Waals surface area contributed by atoms with Gasteiger partial charge in [0.05, 0.1) is 27.7 Å². The Hall–Kier alpha value is -3.02. The van der Waals surface area contributed by atoms with Crippen LogP contribution in [0.15, 0.2) is 59.5 Å². The number of sulfone groups is 1. The van der Waals surface area contributed by atoms with E-state index in [1.807, 2.05) is 18.7 Å². The summed E-state index contributed by atoms with van der Waals surface area (Å²) in [5.74, 6) is -1.53. The molecule has 0 saturated heterocycles. The average molecular weight is 618 g/mol. The van der Waals surface area contributed by atoms with Gasteiger partial charge in [-0.3, -0.25) is 9.69 Å². The fourth-order valence-electron chi connectivity index (χ4n) is 4.48. The molecule has 0 aromatic heterocycles. The molecule has 0 aliphatic rings. The molecule has 3 rings (SSSR count). The van der Waals surface area contributed by atoms with Crippen molar-refractivity contribution in [3.8, 4) is 5.75 Å². The summed E-state index contributed by atoms with van der Waals surface area (Å²) in [4.78, 5) is 12.6. The molecule has 0 heterocycles. The van der Waals surface area contributed by atoms with Gasteiger partial charge in [0, 0.05) is 37.4 Å². The highest BCUT2D eigenvalue weighted by Gasteiger charge is 2.34. The van der Waals surface area contributed by atoms with Crippen molar-refractivity contribution in [2.24, 2.45) is 0 Å². The number of alkyl halides is 3. The van der Waals surface area contributed by atoms with Crippen LogP contribution in [-0.4, -0.2) is 45.6 Å². The lowest BCUT2D eigenvalue weighted by atomic mass is 9.84. The number of halogens is 6. The minimum atomic E-state index is -4.63. The number of benzene rings is 3. The SMILES string of the molecule is CC(C)(CN(CCCOc1cc(F)c(C=O)c(S(C)(=O)=O)c1)Cc1cccc(C(F)(F)F)c1Cl)c1ccc(F)cc1. The van der Waals surface area contributed by atoms with Crippen molar-refractivity contribution in [1.82, 2.24) is 4.90 Å². The molecule has 0 spiro atoms. The van der Waals surface area contributed by atoms with Crippen molar-refractivity contribution in [3.63, 3.8) is 0 Å². The number of carbonyl (C=O) groups excluding carboxylic acids is 1. The van der Waals surface area contributed by atoms with Gasteiger partial charge in [0.1, 0.15) is 17.4 Å². The van der Waals surface area contributed by atoms with Gasteiger partial charge >= 0.3 is 6.18 Å². The fourth-order valence-corrected chi connectivity index (χ4v) is 5.65. The zero-order valence-electron chi connectivity index (χ0n) is 22.6. The van der Waals surface area contributed by atoms with Crippen LogP contribution in [0.25, 0.3) is 0 Å². The summed E-state index contributed by atoms with van der Waals surface area (Å²) in [6.45, 7) is 4.57. The third-order valence-corrected chi connectivity index (χ3v) is 8.08. The van der Waals surface area contributed by atoms with Gasteiger partial charge in [0.25, 0.3) is 0 Å². The lowest BCUT2D eigenvalue weighted by Gasteiger charge is -2.34. The molecule has 0 bridgehead atoms. The summed E-state index contributed by atoms with van der Waals surface area (Å²) in [6.07, 6.45) is -3.34. The van der Waals surface area contributed by atoms with Crippen LogP contribution >= 0.6 is 11.6 Å². The van der Waals surface area contributed by atoms with Gasteiger partial charge in [0.15, 0.2) is 16.1 Å². The van der Waals surface area contributed by atoms with E-state index in [4.69, 9.17) is 16.3 Å². The molecule has 0 radical (unpaired) electrons. The van der Waals surface area contributed by atoms with Crippen LogP contribution in [0.2, 0.25) is 5.02 Å². The molecule has 0 N–H and O–H groups in total. The highest BCUT2D eigenvalue weighted by atomic mass is 35.5. The Balaban J connectivity index is 1.81. The molecular weight excluding hydrogens is 589 g/mol. The topological polar surface area (TPSA) is 63.7 Å². The van der Waals surface area contributed by atoms with Crippen molar-refractivity contribution in [3.05, 3.63) is 93.5 Å². The van der Waals surface area contributed by atoms with Crippen LogP contribution in [0.4, 0.5) is 22.0 Å². The molecule has 0 saturated carbocycles. The summed E-state index contributed by atoms with van der Waals surface area (Å²) in [5, 5.41) is -0.403. The molecule has 0 aliphatic carbocycles. The van der Waals surface area contributed by atoms with E-state index in [1.54, 1.807) is 12.1 Å². The molecule has 0 fully saturated rings. The Morgan fingerprint density at radius 3 is 2.27 bits per heavy atom. The lowest BCUT2D eigenvalue weighted by Crippen LogP contribution is -2.38. The van der Waals surface area contributed by atoms with Crippen LogP contribution < -0.4 is 4.74 Å². The predicted molar refractivity (Wildman–Crippen MR) is 146 cm³/mol. The Kier molecular flexibility index (Phi) is 10.2. The van der Waals surface area contributed by atoms with Crippen LogP contribution in [0.1, 0.15) is 47.3 Å². The van der Waals surface area contributed by atoms with Gasteiger partial charge in [-0.1, -0.05) is 49.7 Å². The van der Waals surface area contributed by atoms with Crippen molar-refractivity contribution in [2.45, 2.75) is 43.3 Å². The highest BCUT2D eigenvalue weighted by Crippen LogP contribution is 2.37. The second-order valence-electron chi connectivity index (χ2n) is 10.3. The number of rotatable bonds is 12. The fraction of sp³-hybridized carbons (Fsp3) is 0.345. The zero-order valence-corrected chi connectivity index (χ0v) is 24.1. The Morgan fingerprint density at radius 2 is 1.68 bits per heavy atom. The first-order valence-corrected chi connectivity index (χ1v) is 14.7. The summed E-state index contributed by atoms with van der Waals surface area (Å²) in [7, 11) is -3.91. The number of hydrogen-bond donors (Lipinski definition) is 0. The maximum absolute atomic E-state index is 14.3. The third kappa shape index (κ3) is 8.50. The van der Waals surface area contributed by atoms with Gasteiger partial charge in [-0.25, -0.2) is 17.2 Å². The maximum atomic E-state index is 14.3. The lowest BCUT2D eigenvalue weighted by molar-refractivity contribution is -0.137. The number of hydrogen-bond acceptors (Lipinski definition) is 5. The molecular formula is C29H29ClF5NO4S. The van der Waals surface area contributed by atoms with Gasteiger partial charge < -0.3 is 4.74 Å². The molecule has 41 heavy (non-hydrogen) atoms. The van der Waals surface area contributed by atoms with E-state index in [9.17, 15) is 35.2 Å². The average Bonchev–Trinajstić information content (AvgIpc) is 2.86. The minimum absolute atomic E-state index is 0.00682. The highest BCUT2D eigenvalue weighted by molar-refractivity contribution is 7.90. The second-order valence-corrected chi connectivity index (χ2v) is 12.6. The molecule has 0 atom stereocenters. The number of carbonyl (C=O) groups is 1. The molecule has 0 unspecified atom stereocenters. The first-order chi connectivity index (χ1) is 19.0. The van der Waals surface area contributed by atoms with Crippen molar-refractivity contribution in [2.75, 3.05) is 26.0 Å². The van der Waals surface area contributed by atoms with Crippen LogP contribution in [0.5, 0.6) is 5.75 Å². The monoisotopic (exact) mass is 617 g/mol. The van der Waals surface area contributed by atoms with E-state index in [2.05, 4.69) is 0 Å². The number of nitrogens with zero attached hydrogens (tertiary/aromatic N) is 1. The Morgan fingerprint density at radius 1 is 1.02 bits per heavy atom. The van der Waals surface area contributed by atoms with Crippen molar-refractivity contribution in [1.29, 1.82) is 0 Å². The third-order valence-electron chi connectivity index (χ3n) is 6.49.